The molecule has 0 rings (SSSR count). The second kappa shape index (κ2) is 7.72. The normalized spacial score (nSPS) is 10.8. The number of likely N-dealkylation sites (N-methyl/N-ethyl adjacent to an activating group) is 3. The van der Waals surface area contributed by atoms with E-state index >= 15 is 0 Å². The van der Waals surface area contributed by atoms with Gasteiger partial charge < -0.3 is 20.2 Å². The Balaban J connectivity index is 5.05. The number of carboxylic acid groups (broad SMARTS) is 1. The van der Waals surface area contributed by atoms with Crippen molar-refractivity contribution in [2.75, 3.05) is 26.2 Å². The van der Waals surface area contributed by atoms with Crippen LogP contribution < -0.4 is 5.32 Å². The summed E-state index contributed by atoms with van der Waals surface area (Å²) in [6.07, 6.45) is 0. The lowest BCUT2D eigenvalue weighted by molar-refractivity contribution is -0.147. The highest BCUT2D eigenvalue weighted by Crippen LogP contribution is 2.16. The summed E-state index contributed by atoms with van der Waals surface area (Å²) in [6.45, 7) is 9.20. The number of amides is 3. The lowest BCUT2D eigenvalue weighted by Gasteiger charge is -2.37. The van der Waals surface area contributed by atoms with Crippen LogP contribution in [0.25, 0.3) is 0 Å². The number of aliphatic carboxylic acids is 1. The molecule has 3 amide bonds. The third-order valence-corrected chi connectivity index (χ3v) is 3.11. The van der Waals surface area contributed by atoms with Crippen molar-refractivity contribution in [2.45, 2.75) is 40.2 Å². The van der Waals surface area contributed by atoms with E-state index in [0.29, 0.717) is 13.1 Å². The molecule has 0 saturated carbocycles. The molecule has 2 N–H and O–H groups in total. The van der Waals surface area contributed by atoms with Gasteiger partial charge in [-0.1, -0.05) is 0 Å². The molecule has 116 valence electrons. The van der Waals surface area contributed by atoms with E-state index in [-0.39, 0.29) is 19.0 Å². The van der Waals surface area contributed by atoms with E-state index in [1.807, 2.05) is 0 Å². The maximum absolute atomic E-state index is 12.4. The Bertz CT molecular complexity index is 369. The number of rotatable bonds is 7. The van der Waals surface area contributed by atoms with Crippen molar-refractivity contribution in [2.24, 2.45) is 0 Å². The second-order valence-electron chi connectivity index (χ2n) is 4.86. The van der Waals surface area contributed by atoms with E-state index in [1.54, 1.807) is 20.8 Å². The minimum atomic E-state index is -1.32. The van der Waals surface area contributed by atoms with Gasteiger partial charge in [-0.15, -0.1) is 0 Å². The average Bonchev–Trinajstić information content (AvgIpc) is 2.36. The first-order chi connectivity index (χ1) is 9.22. The SMILES string of the molecule is CCNC(=O)CN(CC)C(=O)N(CC)C(C)(C)C(=O)O. The summed E-state index contributed by atoms with van der Waals surface area (Å²) in [5, 5.41) is 11.8. The van der Waals surface area contributed by atoms with Gasteiger partial charge in [0, 0.05) is 19.6 Å². The zero-order valence-electron chi connectivity index (χ0n) is 12.9. The molecular formula is C13H25N3O4. The maximum Gasteiger partial charge on any atom is 0.329 e. The molecule has 0 aromatic rings. The first-order valence-corrected chi connectivity index (χ1v) is 6.78. The van der Waals surface area contributed by atoms with Crippen LogP contribution in [0.3, 0.4) is 0 Å². The van der Waals surface area contributed by atoms with E-state index in [2.05, 4.69) is 5.32 Å². The Kier molecular flexibility index (Phi) is 7.02. The van der Waals surface area contributed by atoms with Crippen LogP contribution in [-0.4, -0.2) is 64.5 Å². The highest BCUT2D eigenvalue weighted by atomic mass is 16.4. The highest BCUT2D eigenvalue weighted by Gasteiger charge is 2.38. The zero-order chi connectivity index (χ0) is 15.9. The average molecular weight is 287 g/mol. The number of carbonyl (C=O) groups is 3. The zero-order valence-corrected chi connectivity index (χ0v) is 12.9. The van der Waals surface area contributed by atoms with Crippen molar-refractivity contribution >= 4 is 17.9 Å². The largest absolute Gasteiger partial charge is 0.480 e. The summed E-state index contributed by atoms with van der Waals surface area (Å²) in [7, 11) is 0. The van der Waals surface area contributed by atoms with Crippen molar-refractivity contribution in [1.29, 1.82) is 0 Å². The Labute approximate surface area is 119 Å². The van der Waals surface area contributed by atoms with E-state index in [4.69, 9.17) is 0 Å². The second-order valence-corrected chi connectivity index (χ2v) is 4.86. The van der Waals surface area contributed by atoms with Crippen LogP contribution in [0.5, 0.6) is 0 Å². The van der Waals surface area contributed by atoms with Gasteiger partial charge in [-0.2, -0.15) is 0 Å². The summed E-state index contributed by atoms with van der Waals surface area (Å²) in [4.78, 5) is 37.8. The Morgan fingerprint density at radius 1 is 1.10 bits per heavy atom. The predicted octanol–water partition coefficient (Wildman–Crippen LogP) is 0.750. The van der Waals surface area contributed by atoms with Gasteiger partial charge in [0.2, 0.25) is 5.91 Å². The number of hydrogen-bond donors (Lipinski definition) is 2. The lowest BCUT2D eigenvalue weighted by Crippen LogP contribution is -2.58. The third-order valence-electron chi connectivity index (χ3n) is 3.11. The molecule has 7 heteroatoms. The summed E-state index contributed by atoms with van der Waals surface area (Å²) in [5.41, 5.74) is -1.32. The number of nitrogens with zero attached hydrogens (tertiary/aromatic N) is 2. The fourth-order valence-electron chi connectivity index (χ4n) is 1.80. The molecule has 0 aliphatic heterocycles. The van der Waals surface area contributed by atoms with E-state index in [0.717, 1.165) is 0 Å². The molecule has 0 aliphatic rings. The van der Waals surface area contributed by atoms with Crippen molar-refractivity contribution < 1.29 is 19.5 Å². The first-order valence-electron chi connectivity index (χ1n) is 6.78. The fourth-order valence-corrected chi connectivity index (χ4v) is 1.80. The summed E-state index contributed by atoms with van der Waals surface area (Å²) in [5.74, 6) is -1.34. The smallest absolute Gasteiger partial charge is 0.329 e. The van der Waals surface area contributed by atoms with Gasteiger partial charge in [0.05, 0.1) is 0 Å². The van der Waals surface area contributed by atoms with Crippen LogP contribution in [0, 0.1) is 0 Å². The predicted molar refractivity (Wildman–Crippen MR) is 75.4 cm³/mol. The Morgan fingerprint density at radius 3 is 2.00 bits per heavy atom. The van der Waals surface area contributed by atoms with Crippen molar-refractivity contribution in [3.8, 4) is 0 Å². The summed E-state index contributed by atoms with van der Waals surface area (Å²) in [6, 6.07) is -0.450. The summed E-state index contributed by atoms with van der Waals surface area (Å²) >= 11 is 0. The third kappa shape index (κ3) is 4.40. The van der Waals surface area contributed by atoms with Gasteiger partial charge >= 0.3 is 12.0 Å². The molecule has 20 heavy (non-hydrogen) atoms. The van der Waals surface area contributed by atoms with Crippen LogP contribution in [-0.2, 0) is 9.59 Å². The minimum absolute atomic E-state index is 0.0740. The maximum atomic E-state index is 12.4. The van der Waals surface area contributed by atoms with Crippen LogP contribution in [0.4, 0.5) is 4.79 Å². The molecule has 7 nitrogen and oxygen atoms in total. The molecule has 0 atom stereocenters. The molecule has 0 heterocycles. The standard InChI is InChI=1S/C13H25N3O4/c1-6-14-10(17)9-15(7-2)12(20)16(8-3)13(4,5)11(18)19/h6-9H2,1-5H3,(H,14,17)(H,18,19). The number of carbonyl (C=O) groups excluding carboxylic acids is 2. The molecule has 0 aromatic heterocycles. The Morgan fingerprint density at radius 2 is 1.65 bits per heavy atom. The lowest BCUT2D eigenvalue weighted by atomic mass is 10.0. The van der Waals surface area contributed by atoms with Gasteiger partial charge in [-0.05, 0) is 34.6 Å². The number of urea groups is 1. The van der Waals surface area contributed by atoms with Gasteiger partial charge in [-0.25, -0.2) is 9.59 Å². The monoisotopic (exact) mass is 287 g/mol. The van der Waals surface area contributed by atoms with Crippen LogP contribution in [0.2, 0.25) is 0 Å². The number of nitrogens with one attached hydrogen (secondary N) is 1. The number of carboxylic acids is 1. The fraction of sp³-hybridized carbons (Fsp3) is 0.769. The molecule has 0 fully saturated rings. The van der Waals surface area contributed by atoms with Gasteiger partial charge in [0.15, 0.2) is 0 Å². The van der Waals surface area contributed by atoms with Crippen molar-refractivity contribution in [3.05, 3.63) is 0 Å². The van der Waals surface area contributed by atoms with E-state index < -0.39 is 17.5 Å². The van der Waals surface area contributed by atoms with Crippen LogP contribution >= 0.6 is 0 Å². The van der Waals surface area contributed by atoms with Crippen LogP contribution in [0.1, 0.15) is 34.6 Å². The molecule has 0 bridgehead atoms. The van der Waals surface area contributed by atoms with Crippen LogP contribution in [0.15, 0.2) is 0 Å². The first kappa shape index (κ1) is 18.2. The summed E-state index contributed by atoms with van der Waals surface area (Å²) < 4.78 is 0. The van der Waals surface area contributed by atoms with Crippen molar-refractivity contribution in [1.82, 2.24) is 15.1 Å². The van der Waals surface area contributed by atoms with Gasteiger partial charge in [-0.3, -0.25) is 4.79 Å². The highest BCUT2D eigenvalue weighted by molar-refractivity contribution is 5.88. The Hall–Kier alpha value is -1.79. The topological polar surface area (TPSA) is 90.0 Å². The molecule has 0 radical (unpaired) electrons. The molecule has 0 saturated heterocycles. The minimum Gasteiger partial charge on any atom is -0.480 e. The molecular weight excluding hydrogens is 262 g/mol. The molecule has 0 aliphatic carbocycles. The van der Waals surface area contributed by atoms with Crippen molar-refractivity contribution in [3.63, 3.8) is 0 Å². The molecule has 0 spiro atoms. The van der Waals surface area contributed by atoms with E-state index in [9.17, 15) is 19.5 Å². The van der Waals surface area contributed by atoms with E-state index in [1.165, 1.54) is 23.6 Å². The number of hydrogen-bond acceptors (Lipinski definition) is 3. The van der Waals surface area contributed by atoms with Gasteiger partial charge in [0.1, 0.15) is 12.1 Å². The van der Waals surface area contributed by atoms with Gasteiger partial charge in [0.25, 0.3) is 0 Å². The molecule has 0 aromatic carbocycles. The molecule has 0 unspecified atom stereocenters. The quantitative estimate of drug-likeness (QED) is 0.723.